The highest BCUT2D eigenvalue weighted by Gasteiger charge is 2.18. The number of hydrogen-bond donors (Lipinski definition) is 0. The molecule has 0 saturated heterocycles. The van der Waals surface area contributed by atoms with Crippen molar-refractivity contribution < 1.29 is 14.2 Å². The molecule has 0 aliphatic heterocycles. The maximum absolute atomic E-state index is 9.84. The van der Waals surface area contributed by atoms with Crippen molar-refractivity contribution in [1.82, 2.24) is 4.57 Å². The second-order valence-corrected chi connectivity index (χ2v) is 5.84. The van der Waals surface area contributed by atoms with Gasteiger partial charge < -0.3 is 14.2 Å². The van der Waals surface area contributed by atoms with Crippen LogP contribution in [0.15, 0.2) is 59.7 Å². The number of aliphatic imine (C=N–C) groups is 1. The summed E-state index contributed by atoms with van der Waals surface area (Å²) < 4.78 is 17.6. The number of nitriles is 1. The lowest BCUT2D eigenvalue weighted by molar-refractivity contribution is 0.344. The highest BCUT2D eigenvalue weighted by atomic mass is 16.5. The van der Waals surface area contributed by atoms with Gasteiger partial charge in [0, 0.05) is 17.4 Å². The number of aromatic nitrogens is 1. The quantitative estimate of drug-likeness (QED) is 0.442. The van der Waals surface area contributed by atoms with Crippen molar-refractivity contribution in [1.29, 1.82) is 5.26 Å². The van der Waals surface area contributed by atoms with E-state index in [1.807, 2.05) is 66.2 Å². The molecule has 6 nitrogen and oxygen atoms in total. The standard InChI is InChI=1S/C22H21N3O3/c1-4-28-15-24-22-20(13-23)21(16-5-9-18(26-2)10-6-16)14-25(22)17-7-11-19(27-3)12-8-17/h5-12,14-15H,4H2,1-3H3. The Morgan fingerprint density at radius 1 is 1.00 bits per heavy atom. The normalized spacial score (nSPS) is 10.6. The number of nitrogens with zero attached hydrogens (tertiary/aromatic N) is 3. The molecular weight excluding hydrogens is 354 g/mol. The van der Waals surface area contributed by atoms with E-state index in [1.54, 1.807) is 14.2 Å². The molecule has 3 rings (SSSR count). The van der Waals surface area contributed by atoms with Gasteiger partial charge in [-0.25, -0.2) is 4.99 Å². The van der Waals surface area contributed by atoms with Crippen LogP contribution in [0.2, 0.25) is 0 Å². The molecule has 0 radical (unpaired) electrons. The average Bonchev–Trinajstić information content (AvgIpc) is 3.12. The molecule has 0 unspecified atom stereocenters. The lowest BCUT2D eigenvalue weighted by Crippen LogP contribution is -1.93. The van der Waals surface area contributed by atoms with Gasteiger partial charge in [0.1, 0.15) is 23.1 Å². The summed E-state index contributed by atoms with van der Waals surface area (Å²) >= 11 is 0. The summed E-state index contributed by atoms with van der Waals surface area (Å²) in [6.45, 7) is 2.38. The zero-order valence-electron chi connectivity index (χ0n) is 16.0. The SMILES string of the molecule is CCOC=Nc1c(C#N)c(-c2ccc(OC)cc2)cn1-c1ccc(OC)cc1. The van der Waals surface area contributed by atoms with E-state index in [0.29, 0.717) is 18.0 Å². The first-order chi connectivity index (χ1) is 13.7. The van der Waals surface area contributed by atoms with Crippen LogP contribution in [0, 0.1) is 11.3 Å². The third-order valence-electron chi connectivity index (χ3n) is 4.26. The van der Waals surface area contributed by atoms with Crippen molar-refractivity contribution >= 4 is 12.2 Å². The van der Waals surface area contributed by atoms with Crippen LogP contribution in [0.4, 0.5) is 5.82 Å². The molecule has 142 valence electrons. The predicted molar refractivity (Wildman–Crippen MR) is 109 cm³/mol. The summed E-state index contributed by atoms with van der Waals surface area (Å²) in [4.78, 5) is 4.40. The topological polar surface area (TPSA) is 68.8 Å². The van der Waals surface area contributed by atoms with Gasteiger partial charge in [0.2, 0.25) is 0 Å². The van der Waals surface area contributed by atoms with Crippen molar-refractivity contribution in [3.8, 4) is 34.4 Å². The van der Waals surface area contributed by atoms with Crippen LogP contribution >= 0.6 is 0 Å². The van der Waals surface area contributed by atoms with Crippen molar-refractivity contribution in [3.05, 3.63) is 60.3 Å². The van der Waals surface area contributed by atoms with Crippen LogP contribution in [-0.4, -0.2) is 31.8 Å². The molecule has 1 heterocycles. The van der Waals surface area contributed by atoms with Gasteiger partial charge in [-0.15, -0.1) is 0 Å². The maximum Gasteiger partial charge on any atom is 0.176 e. The van der Waals surface area contributed by atoms with E-state index < -0.39 is 0 Å². The van der Waals surface area contributed by atoms with Crippen molar-refractivity contribution in [3.63, 3.8) is 0 Å². The van der Waals surface area contributed by atoms with Gasteiger partial charge in [-0.05, 0) is 48.9 Å². The Morgan fingerprint density at radius 3 is 2.14 bits per heavy atom. The van der Waals surface area contributed by atoms with Gasteiger partial charge in [0.05, 0.1) is 20.8 Å². The van der Waals surface area contributed by atoms with Gasteiger partial charge in [-0.3, -0.25) is 4.57 Å². The van der Waals surface area contributed by atoms with E-state index in [1.165, 1.54) is 6.40 Å². The van der Waals surface area contributed by atoms with E-state index in [0.717, 1.165) is 28.3 Å². The summed E-state index contributed by atoms with van der Waals surface area (Å²) in [5.41, 5.74) is 3.01. The predicted octanol–water partition coefficient (Wildman–Crippen LogP) is 4.73. The summed E-state index contributed by atoms with van der Waals surface area (Å²) in [6, 6.07) is 17.4. The monoisotopic (exact) mass is 375 g/mol. The number of benzene rings is 2. The van der Waals surface area contributed by atoms with Crippen molar-refractivity contribution in [2.24, 2.45) is 4.99 Å². The molecule has 0 saturated carbocycles. The molecule has 6 heteroatoms. The fourth-order valence-electron chi connectivity index (χ4n) is 2.82. The Kier molecular flexibility index (Phi) is 5.97. The number of hydrogen-bond acceptors (Lipinski definition) is 5. The number of rotatable bonds is 7. The van der Waals surface area contributed by atoms with Crippen LogP contribution in [0.1, 0.15) is 12.5 Å². The van der Waals surface area contributed by atoms with E-state index in [-0.39, 0.29) is 0 Å². The minimum atomic E-state index is 0.469. The zero-order chi connectivity index (χ0) is 19.9. The fraction of sp³-hybridized carbons (Fsp3) is 0.182. The van der Waals surface area contributed by atoms with Gasteiger partial charge >= 0.3 is 0 Å². The average molecular weight is 375 g/mol. The molecule has 0 N–H and O–H groups in total. The Morgan fingerprint density at radius 2 is 1.61 bits per heavy atom. The van der Waals surface area contributed by atoms with Crippen molar-refractivity contribution in [2.75, 3.05) is 20.8 Å². The molecule has 0 spiro atoms. The minimum Gasteiger partial charge on any atom is -0.497 e. The Balaban J connectivity index is 2.15. The van der Waals surface area contributed by atoms with Crippen molar-refractivity contribution in [2.45, 2.75) is 6.92 Å². The van der Waals surface area contributed by atoms with Crippen LogP contribution in [0.25, 0.3) is 16.8 Å². The first kappa shape index (κ1) is 19.1. The number of methoxy groups -OCH3 is 2. The maximum atomic E-state index is 9.84. The summed E-state index contributed by atoms with van der Waals surface area (Å²) in [7, 11) is 3.24. The second kappa shape index (κ2) is 8.78. The molecule has 0 fully saturated rings. The summed E-state index contributed by atoms with van der Waals surface area (Å²) in [5, 5.41) is 9.84. The van der Waals surface area contributed by atoms with Gasteiger partial charge in [0.25, 0.3) is 0 Å². The fourth-order valence-corrected chi connectivity index (χ4v) is 2.82. The minimum absolute atomic E-state index is 0.469. The van der Waals surface area contributed by atoms with Crippen LogP contribution in [-0.2, 0) is 4.74 Å². The molecular formula is C22H21N3O3. The molecule has 0 aliphatic carbocycles. The third kappa shape index (κ3) is 3.84. The highest BCUT2D eigenvalue weighted by molar-refractivity contribution is 5.79. The molecule has 28 heavy (non-hydrogen) atoms. The molecule has 0 atom stereocenters. The third-order valence-corrected chi connectivity index (χ3v) is 4.26. The van der Waals surface area contributed by atoms with Crippen LogP contribution in [0.5, 0.6) is 11.5 Å². The largest absolute Gasteiger partial charge is 0.497 e. The molecule has 0 bridgehead atoms. The zero-order valence-corrected chi connectivity index (χ0v) is 16.0. The Labute approximate surface area is 164 Å². The lowest BCUT2D eigenvalue weighted by Gasteiger charge is -2.07. The smallest absolute Gasteiger partial charge is 0.176 e. The summed E-state index contributed by atoms with van der Waals surface area (Å²) in [6.07, 6.45) is 3.27. The summed E-state index contributed by atoms with van der Waals surface area (Å²) in [5.74, 6) is 2.02. The van der Waals surface area contributed by atoms with E-state index in [9.17, 15) is 5.26 Å². The molecule has 3 aromatic rings. The highest BCUT2D eigenvalue weighted by Crippen LogP contribution is 2.36. The van der Waals surface area contributed by atoms with Gasteiger partial charge in [-0.1, -0.05) is 12.1 Å². The Hall–Kier alpha value is -3.72. The lowest BCUT2D eigenvalue weighted by atomic mass is 10.0. The molecule has 0 amide bonds. The molecule has 0 aliphatic rings. The number of ether oxygens (including phenoxy) is 3. The molecule has 2 aromatic carbocycles. The van der Waals surface area contributed by atoms with Gasteiger partial charge in [0.15, 0.2) is 12.2 Å². The van der Waals surface area contributed by atoms with E-state index >= 15 is 0 Å². The first-order valence-electron chi connectivity index (χ1n) is 8.80. The molecule has 1 aromatic heterocycles. The first-order valence-corrected chi connectivity index (χ1v) is 8.80. The second-order valence-electron chi connectivity index (χ2n) is 5.84. The van der Waals surface area contributed by atoms with Gasteiger partial charge in [-0.2, -0.15) is 5.26 Å². The Bertz CT molecular complexity index is 997. The van der Waals surface area contributed by atoms with Crippen LogP contribution < -0.4 is 9.47 Å². The van der Waals surface area contributed by atoms with Crippen LogP contribution in [0.3, 0.4) is 0 Å². The van der Waals surface area contributed by atoms with E-state index in [4.69, 9.17) is 14.2 Å². The van der Waals surface area contributed by atoms with E-state index in [2.05, 4.69) is 11.1 Å².